The van der Waals surface area contributed by atoms with Crippen LogP contribution in [0, 0.1) is 0 Å². The van der Waals surface area contributed by atoms with Crippen LogP contribution < -0.4 is 0 Å². The molecular formula is C11H8O3S. The van der Waals surface area contributed by atoms with Gasteiger partial charge in [0.25, 0.3) is 0 Å². The smallest absolute Gasteiger partial charge is 0.335 e. The summed E-state index contributed by atoms with van der Waals surface area (Å²) in [4.78, 5) is 10.6. The van der Waals surface area contributed by atoms with Crippen LogP contribution >= 0.6 is 11.3 Å². The summed E-state index contributed by atoms with van der Waals surface area (Å²) < 4.78 is 0. The van der Waals surface area contributed by atoms with E-state index in [2.05, 4.69) is 0 Å². The number of phenolic OH excluding ortho intramolecular Hbond substituents is 1. The third-order valence-corrected chi connectivity index (χ3v) is 2.76. The van der Waals surface area contributed by atoms with Gasteiger partial charge in [0.1, 0.15) is 5.75 Å². The van der Waals surface area contributed by atoms with E-state index >= 15 is 0 Å². The Bertz CT molecular complexity index is 489. The van der Waals surface area contributed by atoms with Crippen LogP contribution in [0.4, 0.5) is 0 Å². The molecule has 1 heterocycles. The molecule has 0 amide bonds. The van der Waals surface area contributed by atoms with Crippen LogP contribution in [0.25, 0.3) is 11.1 Å². The lowest BCUT2D eigenvalue weighted by Crippen LogP contribution is -1.95. The molecule has 0 fully saturated rings. The summed E-state index contributed by atoms with van der Waals surface area (Å²) in [5, 5.41) is 22.2. The number of carboxylic acids is 1. The molecule has 0 atom stereocenters. The van der Waals surface area contributed by atoms with Crippen molar-refractivity contribution in [3.8, 4) is 16.9 Å². The van der Waals surface area contributed by atoms with Gasteiger partial charge in [0.05, 0.1) is 5.56 Å². The van der Waals surface area contributed by atoms with E-state index in [1.807, 2.05) is 16.8 Å². The number of aromatic hydroxyl groups is 1. The lowest BCUT2D eigenvalue weighted by molar-refractivity contribution is 0.0696. The van der Waals surface area contributed by atoms with Crippen LogP contribution in [-0.2, 0) is 0 Å². The van der Waals surface area contributed by atoms with E-state index in [9.17, 15) is 9.90 Å². The van der Waals surface area contributed by atoms with Crippen molar-refractivity contribution in [1.29, 1.82) is 0 Å². The SMILES string of the molecule is O=C(O)c1ccc(-c2ccsc2)c(O)c1. The van der Waals surface area contributed by atoms with Crippen LogP contribution in [0.15, 0.2) is 35.0 Å². The summed E-state index contributed by atoms with van der Waals surface area (Å²) in [6.45, 7) is 0. The maximum atomic E-state index is 10.6. The first-order chi connectivity index (χ1) is 7.18. The van der Waals surface area contributed by atoms with Gasteiger partial charge in [-0.1, -0.05) is 0 Å². The number of phenols is 1. The number of carboxylic acid groups (broad SMARTS) is 1. The van der Waals surface area contributed by atoms with E-state index in [1.54, 1.807) is 6.07 Å². The molecule has 3 nitrogen and oxygen atoms in total. The van der Waals surface area contributed by atoms with Crippen molar-refractivity contribution in [1.82, 2.24) is 0 Å². The zero-order valence-electron chi connectivity index (χ0n) is 7.68. The van der Waals surface area contributed by atoms with Gasteiger partial charge in [-0.15, -0.1) is 0 Å². The number of aromatic carboxylic acids is 1. The summed E-state index contributed by atoms with van der Waals surface area (Å²) in [6.07, 6.45) is 0. The second-order valence-corrected chi connectivity index (χ2v) is 3.83. The fourth-order valence-corrected chi connectivity index (χ4v) is 1.98. The average Bonchev–Trinajstić information content (AvgIpc) is 2.70. The minimum absolute atomic E-state index is 0.00620. The number of thiophene rings is 1. The van der Waals surface area contributed by atoms with Crippen LogP contribution in [-0.4, -0.2) is 16.2 Å². The van der Waals surface area contributed by atoms with Crippen LogP contribution in [0.1, 0.15) is 10.4 Å². The van der Waals surface area contributed by atoms with Crippen molar-refractivity contribution in [2.75, 3.05) is 0 Å². The Balaban J connectivity index is 2.48. The summed E-state index contributed by atoms with van der Waals surface area (Å²) in [6, 6.07) is 6.23. The molecule has 15 heavy (non-hydrogen) atoms. The first-order valence-electron chi connectivity index (χ1n) is 4.27. The first kappa shape index (κ1) is 9.73. The molecule has 0 unspecified atom stereocenters. The Morgan fingerprint density at radius 2 is 2.07 bits per heavy atom. The van der Waals surface area contributed by atoms with Crippen molar-refractivity contribution in [2.45, 2.75) is 0 Å². The molecule has 76 valence electrons. The van der Waals surface area contributed by atoms with Gasteiger partial charge in [-0.05, 0) is 40.6 Å². The predicted octanol–water partition coefficient (Wildman–Crippen LogP) is 2.82. The minimum Gasteiger partial charge on any atom is -0.507 e. The predicted molar refractivity (Wildman–Crippen MR) is 58.4 cm³/mol. The summed E-state index contributed by atoms with van der Waals surface area (Å²) in [7, 11) is 0. The number of hydrogen-bond acceptors (Lipinski definition) is 3. The highest BCUT2D eigenvalue weighted by Gasteiger charge is 2.08. The lowest BCUT2D eigenvalue weighted by atomic mass is 10.1. The Labute approximate surface area is 90.2 Å². The molecule has 0 saturated carbocycles. The van der Waals surface area contributed by atoms with E-state index in [0.717, 1.165) is 5.56 Å². The number of rotatable bonds is 2. The molecule has 0 saturated heterocycles. The van der Waals surface area contributed by atoms with E-state index < -0.39 is 5.97 Å². The Morgan fingerprint density at radius 1 is 1.27 bits per heavy atom. The maximum Gasteiger partial charge on any atom is 0.335 e. The highest BCUT2D eigenvalue weighted by atomic mass is 32.1. The van der Waals surface area contributed by atoms with E-state index in [-0.39, 0.29) is 11.3 Å². The van der Waals surface area contributed by atoms with Crippen LogP contribution in [0.2, 0.25) is 0 Å². The molecule has 2 aromatic rings. The van der Waals surface area contributed by atoms with E-state index in [0.29, 0.717) is 5.56 Å². The quantitative estimate of drug-likeness (QED) is 0.818. The molecule has 0 bridgehead atoms. The highest BCUT2D eigenvalue weighted by molar-refractivity contribution is 7.08. The highest BCUT2D eigenvalue weighted by Crippen LogP contribution is 2.31. The molecule has 2 rings (SSSR count). The third kappa shape index (κ3) is 1.85. The van der Waals surface area contributed by atoms with Crippen molar-refractivity contribution >= 4 is 17.3 Å². The van der Waals surface area contributed by atoms with Crippen molar-refractivity contribution in [2.24, 2.45) is 0 Å². The van der Waals surface area contributed by atoms with Crippen molar-refractivity contribution in [3.05, 3.63) is 40.6 Å². The third-order valence-electron chi connectivity index (χ3n) is 2.08. The molecule has 0 radical (unpaired) electrons. The normalized spacial score (nSPS) is 10.1. The zero-order valence-corrected chi connectivity index (χ0v) is 8.49. The lowest BCUT2D eigenvalue weighted by Gasteiger charge is -2.03. The number of carbonyl (C=O) groups is 1. The van der Waals surface area contributed by atoms with Crippen molar-refractivity contribution in [3.63, 3.8) is 0 Å². The largest absolute Gasteiger partial charge is 0.507 e. The van der Waals surface area contributed by atoms with Gasteiger partial charge in [0.15, 0.2) is 0 Å². The fraction of sp³-hybridized carbons (Fsp3) is 0. The van der Waals surface area contributed by atoms with Gasteiger partial charge >= 0.3 is 5.97 Å². The second kappa shape index (κ2) is 3.74. The molecule has 0 aliphatic rings. The molecule has 0 spiro atoms. The molecule has 2 N–H and O–H groups in total. The second-order valence-electron chi connectivity index (χ2n) is 3.05. The van der Waals surface area contributed by atoms with Crippen LogP contribution in [0.3, 0.4) is 0 Å². The fourth-order valence-electron chi connectivity index (χ4n) is 1.33. The first-order valence-corrected chi connectivity index (χ1v) is 5.21. The summed E-state index contributed by atoms with van der Waals surface area (Å²) in [5.41, 5.74) is 1.64. The number of hydrogen-bond donors (Lipinski definition) is 2. The molecule has 4 heteroatoms. The molecule has 0 aliphatic carbocycles. The Hall–Kier alpha value is -1.81. The molecular weight excluding hydrogens is 212 g/mol. The van der Waals surface area contributed by atoms with Gasteiger partial charge in [-0.2, -0.15) is 11.3 Å². The van der Waals surface area contributed by atoms with Gasteiger partial charge in [0, 0.05) is 5.56 Å². The molecule has 1 aromatic heterocycles. The summed E-state index contributed by atoms with van der Waals surface area (Å²) in [5.74, 6) is -1.05. The number of benzene rings is 1. The average molecular weight is 220 g/mol. The van der Waals surface area contributed by atoms with Gasteiger partial charge in [-0.25, -0.2) is 4.79 Å². The standard InChI is InChI=1S/C11H8O3S/c12-10-5-7(11(13)14)1-2-9(10)8-3-4-15-6-8/h1-6,12H,(H,13,14). The van der Waals surface area contributed by atoms with Gasteiger partial charge in [-0.3, -0.25) is 0 Å². The van der Waals surface area contributed by atoms with Gasteiger partial charge < -0.3 is 10.2 Å². The van der Waals surface area contributed by atoms with Crippen molar-refractivity contribution < 1.29 is 15.0 Å². The van der Waals surface area contributed by atoms with Crippen LogP contribution in [0.5, 0.6) is 5.75 Å². The van der Waals surface area contributed by atoms with E-state index in [4.69, 9.17) is 5.11 Å². The Morgan fingerprint density at radius 3 is 2.60 bits per heavy atom. The maximum absolute atomic E-state index is 10.6. The summed E-state index contributed by atoms with van der Waals surface area (Å²) >= 11 is 1.53. The van der Waals surface area contributed by atoms with Gasteiger partial charge in [0.2, 0.25) is 0 Å². The molecule has 1 aromatic carbocycles. The molecule has 0 aliphatic heterocycles. The zero-order chi connectivity index (χ0) is 10.8. The monoisotopic (exact) mass is 220 g/mol. The Kier molecular flexibility index (Phi) is 2.43. The minimum atomic E-state index is -1.04. The van der Waals surface area contributed by atoms with E-state index in [1.165, 1.54) is 23.5 Å². The topological polar surface area (TPSA) is 57.5 Å².